The lowest BCUT2D eigenvalue weighted by atomic mass is 10.1. The highest BCUT2D eigenvalue weighted by atomic mass is 16.5. The number of carboxylic acid groups (broad SMARTS) is 1. The van der Waals surface area contributed by atoms with Gasteiger partial charge in [-0.1, -0.05) is 0 Å². The summed E-state index contributed by atoms with van der Waals surface area (Å²) >= 11 is 0. The molecule has 0 unspecified atom stereocenters. The molecule has 0 aliphatic carbocycles. The van der Waals surface area contributed by atoms with Gasteiger partial charge in [-0.25, -0.2) is 4.68 Å². The molecule has 3 rings (SSSR count). The third-order valence-electron chi connectivity index (χ3n) is 3.99. The van der Waals surface area contributed by atoms with E-state index < -0.39 is 12.0 Å². The standard InChI is InChI=1S/C17H19N3O4/c1-12-9-18-20(10-12)14-4-2-13(3-5-14)17(23)19-6-7-24-11-15(19)8-16(21)22/h2-5,9-10,15H,6-8,11H2,1H3,(H,21,22)/t15-/m1/s1. The molecule has 1 fully saturated rings. The Bertz CT molecular complexity index is 739. The van der Waals surface area contributed by atoms with Crippen molar-refractivity contribution in [2.45, 2.75) is 19.4 Å². The SMILES string of the molecule is Cc1cnn(-c2ccc(C(=O)N3CCOC[C@H]3CC(=O)O)cc2)c1. The number of amides is 1. The van der Waals surface area contributed by atoms with Crippen LogP contribution in [0, 0.1) is 6.92 Å². The third-order valence-corrected chi connectivity index (χ3v) is 3.99. The molecular formula is C17H19N3O4. The first-order chi connectivity index (χ1) is 11.5. The van der Waals surface area contributed by atoms with Crippen molar-refractivity contribution < 1.29 is 19.4 Å². The first-order valence-corrected chi connectivity index (χ1v) is 7.77. The third kappa shape index (κ3) is 3.46. The molecular weight excluding hydrogens is 310 g/mol. The Labute approximate surface area is 139 Å². The van der Waals surface area contributed by atoms with Gasteiger partial charge in [0.05, 0.1) is 37.6 Å². The van der Waals surface area contributed by atoms with Gasteiger partial charge in [0.25, 0.3) is 5.91 Å². The molecule has 1 aliphatic heterocycles. The molecule has 7 heteroatoms. The zero-order valence-corrected chi connectivity index (χ0v) is 13.4. The maximum Gasteiger partial charge on any atom is 0.305 e. The number of ether oxygens (including phenoxy) is 1. The lowest BCUT2D eigenvalue weighted by Gasteiger charge is -2.34. The van der Waals surface area contributed by atoms with Crippen molar-refractivity contribution in [3.05, 3.63) is 47.8 Å². The summed E-state index contributed by atoms with van der Waals surface area (Å²) in [6, 6.07) is 6.69. The number of rotatable bonds is 4. The molecule has 1 N–H and O–H groups in total. The fourth-order valence-electron chi connectivity index (χ4n) is 2.77. The van der Waals surface area contributed by atoms with Crippen LogP contribution >= 0.6 is 0 Å². The maximum absolute atomic E-state index is 12.7. The van der Waals surface area contributed by atoms with Crippen LogP contribution in [0.4, 0.5) is 0 Å². The minimum atomic E-state index is -0.937. The lowest BCUT2D eigenvalue weighted by Crippen LogP contribution is -2.49. The number of aryl methyl sites for hydroxylation is 1. The smallest absolute Gasteiger partial charge is 0.305 e. The highest BCUT2D eigenvalue weighted by Gasteiger charge is 2.29. The Kier molecular flexibility index (Phi) is 4.61. The molecule has 7 nitrogen and oxygen atoms in total. The topological polar surface area (TPSA) is 84.7 Å². The molecule has 0 radical (unpaired) electrons. The number of hydrogen-bond donors (Lipinski definition) is 1. The van der Waals surface area contributed by atoms with Gasteiger partial charge in [-0.3, -0.25) is 9.59 Å². The second-order valence-electron chi connectivity index (χ2n) is 5.83. The summed E-state index contributed by atoms with van der Waals surface area (Å²) < 4.78 is 7.05. The van der Waals surface area contributed by atoms with Gasteiger partial charge in [-0.2, -0.15) is 5.10 Å². The van der Waals surface area contributed by atoms with E-state index in [0.29, 0.717) is 18.7 Å². The second-order valence-corrected chi connectivity index (χ2v) is 5.83. The summed E-state index contributed by atoms with van der Waals surface area (Å²) in [6.45, 7) is 3.04. The number of nitrogens with zero attached hydrogens (tertiary/aromatic N) is 3. The highest BCUT2D eigenvalue weighted by Crippen LogP contribution is 2.17. The zero-order valence-electron chi connectivity index (χ0n) is 13.4. The van der Waals surface area contributed by atoms with Crippen LogP contribution in [0.2, 0.25) is 0 Å². The molecule has 2 heterocycles. The first kappa shape index (κ1) is 16.2. The summed E-state index contributed by atoms with van der Waals surface area (Å²) in [7, 11) is 0. The molecule has 1 saturated heterocycles. The van der Waals surface area contributed by atoms with Crippen LogP contribution in [0.25, 0.3) is 5.69 Å². The van der Waals surface area contributed by atoms with Gasteiger partial charge in [-0.05, 0) is 36.8 Å². The highest BCUT2D eigenvalue weighted by molar-refractivity contribution is 5.95. The molecule has 1 aliphatic rings. The summed E-state index contributed by atoms with van der Waals surface area (Å²) in [6.07, 6.45) is 3.56. The van der Waals surface area contributed by atoms with Crippen LogP contribution in [0.5, 0.6) is 0 Å². The minimum Gasteiger partial charge on any atom is -0.481 e. The van der Waals surface area contributed by atoms with E-state index in [4.69, 9.17) is 9.84 Å². The Morgan fingerprint density at radius 2 is 2.08 bits per heavy atom. The zero-order chi connectivity index (χ0) is 17.1. The van der Waals surface area contributed by atoms with Crippen LogP contribution in [0.1, 0.15) is 22.3 Å². The number of aliphatic carboxylic acids is 1. The monoisotopic (exact) mass is 329 g/mol. The van der Waals surface area contributed by atoms with Gasteiger partial charge in [0.1, 0.15) is 0 Å². The number of carboxylic acids is 1. The van der Waals surface area contributed by atoms with E-state index in [2.05, 4.69) is 5.10 Å². The van der Waals surface area contributed by atoms with E-state index in [1.54, 1.807) is 27.9 Å². The molecule has 1 aromatic carbocycles. The van der Waals surface area contributed by atoms with Crippen LogP contribution < -0.4 is 0 Å². The minimum absolute atomic E-state index is 0.115. The number of carbonyl (C=O) groups is 2. The molecule has 2 aromatic rings. The Balaban J connectivity index is 1.77. The van der Waals surface area contributed by atoms with Crippen LogP contribution in [-0.4, -0.2) is 57.5 Å². The van der Waals surface area contributed by atoms with Crippen molar-refractivity contribution in [2.75, 3.05) is 19.8 Å². The number of benzene rings is 1. The Morgan fingerprint density at radius 3 is 2.71 bits per heavy atom. The summed E-state index contributed by atoms with van der Waals surface area (Å²) in [5.74, 6) is -1.11. The predicted octanol–water partition coefficient (Wildman–Crippen LogP) is 1.50. The summed E-state index contributed by atoms with van der Waals surface area (Å²) in [4.78, 5) is 25.3. The van der Waals surface area contributed by atoms with E-state index in [1.165, 1.54) is 0 Å². The predicted molar refractivity (Wildman–Crippen MR) is 86.2 cm³/mol. The molecule has 0 spiro atoms. The van der Waals surface area contributed by atoms with Gasteiger partial charge in [-0.15, -0.1) is 0 Å². The average Bonchev–Trinajstić information content (AvgIpc) is 3.01. The molecule has 126 valence electrons. The van der Waals surface area contributed by atoms with Crippen LogP contribution in [0.15, 0.2) is 36.7 Å². The van der Waals surface area contributed by atoms with Gasteiger partial charge >= 0.3 is 5.97 Å². The summed E-state index contributed by atoms with van der Waals surface area (Å²) in [5.41, 5.74) is 2.45. The lowest BCUT2D eigenvalue weighted by molar-refractivity contribution is -0.139. The van der Waals surface area contributed by atoms with E-state index >= 15 is 0 Å². The fourth-order valence-corrected chi connectivity index (χ4v) is 2.77. The van der Waals surface area contributed by atoms with Crippen molar-refractivity contribution in [1.82, 2.24) is 14.7 Å². The van der Waals surface area contributed by atoms with Crippen molar-refractivity contribution in [3.63, 3.8) is 0 Å². The molecule has 1 atom stereocenters. The number of carbonyl (C=O) groups excluding carboxylic acids is 1. The van der Waals surface area contributed by atoms with Crippen molar-refractivity contribution in [3.8, 4) is 5.69 Å². The normalized spacial score (nSPS) is 17.7. The fraction of sp³-hybridized carbons (Fsp3) is 0.353. The number of morpholine rings is 1. The van der Waals surface area contributed by atoms with Gasteiger partial charge < -0.3 is 14.7 Å². The maximum atomic E-state index is 12.7. The van der Waals surface area contributed by atoms with Gasteiger partial charge in [0.15, 0.2) is 0 Å². The van der Waals surface area contributed by atoms with Crippen molar-refractivity contribution >= 4 is 11.9 Å². The van der Waals surface area contributed by atoms with Crippen molar-refractivity contribution in [1.29, 1.82) is 0 Å². The molecule has 1 aromatic heterocycles. The average molecular weight is 329 g/mol. The Morgan fingerprint density at radius 1 is 1.33 bits per heavy atom. The second kappa shape index (κ2) is 6.84. The van der Waals surface area contributed by atoms with Crippen LogP contribution in [0.3, 0.4) is 0 Å². The summed E-state index contributed by atoms with van der Waals surface area (Å²) in [5, 5.41) is 13.2. The number of hydrogen-bond acceptors (Lipinski definition) is 4. The first-order valence-electron chi connectivity index (χ1n) is 7.77. The van der Waals surface area contributed by atoms with Crippen LogP contribution in [-0.2, 0) is 9.53 Å². The molecule has 24 heavy (non-hydrogen) atoms. The van der Waals surface area contributed by atoms with Crippen molar-refractivity contribution in [2.24, 2.45) is 0 Å². The quantitative estimate of drug-likeness (QED) is 0.919. The Hall–Kier alpha value is -2.67. The van der Waals surface area contributed by atoms with E-state index in [1.807, 2.05) is 25.3 Å². The molecule has 1 amide bonds. The molecule has 0 saturated carbocycles. The number of aromatic nitrogens is 2. The van der Waals surface area contributed by atoms with E-state index in [9.17, 15) is 9.59 Å². The van der Waals surface area contributed by atoms with E-state index in [0.717, 1.165) is 11.3 Å². The molecule has 0 bridgehead atoms. The van der Waals surface area contributed by atoms with Gasteiger partial charge in [0, 0.05) is 18.3 Å². The largest absolute Gasteiger partial charge is 0.481 e. The van der Waals surface area contributed by atoms with Gasteiger partial charge in [0.2, 0.25) is 0 Å². The van der Waals surface area contributed by atoms with E-state index in [-0.39, 0.29) is 18.9 Å².